The molecular formula is C20H20ClN3O3S. The van der Waals surface area contributed by atoms with Crippen LogP contribution in [-0.2, 0) is 11.3 Å². The van der Waals surface area contributed by atoms with Crippen molar-refractivity contribution in [3.63, 3.8) is 0 Å². The fourth-order valence-electron chi connectivity index (χ4n) is 2.48. The van der Waals surface area contributed by atoms with E-state index < -0.39 is 0 Å². The largest absolute Gasteiger partial charge is 0.493 e. The maximum Gasteiger partial charge on any atom is 0.262 e. The molecule has 1 aromatic heterocycles. The van der Waals surface area contributed by atoms with Gasteiger partial charge in [-0.25, -0.2) is 4.98 Å². The van der Waals surface area contributed by atoms with E-state index in [1.807, 2.05) is 42.6 Å². The molecule has 3 aromatic rings. The first kappa shape index (κ1) is 20.0. The topological polar surface area (TPSA) is 72.5 Å². The zero-order chi connectivity index (χ0) is 19.9. The lowest BCUT2D eigenvalue weighted by molar-refractivity contribution is -0.118. The number of benzene rings is 2. The van der Waals surface area contributed by atoms with Crippen molar-refractivity contribution >= 4 is 39.7 Å². The summed E-state index contributed by atoms with van der Waals surface area (Å²) in [5, 5.41) is 9.08. The Labute approximate surface area is 172 Å². The molecule has 0 aliphatic heterocycles. The second-order valence-corrected chi connectivity index (χ2v) is 7.30. The second kappa shape index (κ2) is 9.43. The number of nitrogens with zero attached hydrogens (tertiary/aromatic N) is 1. The molecule has 3 rings (SSSR count). The highest BCUT2D eigenvalue weighted by Gasteiger charge is 2.14. The van der Waals surface area contributed by atoms with Crippen molar-refractivity contribution in [3.8, 4) is 11.5 Å². The quantitative estimate of drug-likeness (QED) is 0.553. The van der Waals surface area contributed by atoms with Gasteiger partial charge in [0.2, 0.25) is 0 Å². The fraction of sp³-hybridized carbons (Fsp3) is 0.200. The molecule has 0 bridgehead atoms. The van der Waals surface area contributed by atoms with Crippen LogP contribution >= 0.6 is 22.9 Å². The van der Waals surface area contributed by atoms with Crippen molar-refractivity contribution < 1.29 is 14.3 Å². The first-order valence-corrected chi connectivity index (χ1v) is 9.80. The molecule has 0 unspecified atom stereocenters. The van der Waals surface area contributed by atoms with Crippen molar-refractivity contribution in [2.75, 3.05) is 24.4 Å². The molecule has 0 saturated heterocycles. The normalized spacial score (nSPS) is 10.4. The number of aromatic nitrogens is 1. The average Bonchev–Trinajstić information content (AvgIpc) is 3.20. The van der Waals surface area contributed by atoms with E-state index in [9.17, 15) is 4.79 Å². The van der Waals surface area contributed by atoms with Gasteiger partial charge in [0, 0.05) is 23.8 Å². The highest BCUT2D eigenvalue weighted by molar-refractivity contribution is 7.13. The van der Waals surface area contributed by atoms with Crippen molar-refractivity contribution in [2.24, 2.45) is 0 Å². The molecule has 0 radical (unpaired) electrons. The average molecular weight is 418 g/mol. The summed E-state index contributed by atoms with van der Waals surface area (Å²) in [6.45, 7) is 2.34. The Kier molecular flexibility index (Phi) is 6.73. The molecule has 8 heteroatoms. The lowest BCUT2D eigenvalue weighted by Crippen LogP contribution is -2.20. The number of carbonyl (C=O) groups is 1. The molecule has 0 aliphatic rings. The Bertz CT molecular complexity index is 931. The number of aryl methyl sites for hydroxylation is 1. The van der Waals surface area contributed by atoms with E-state index in [1.54, 1.807) is 12.3 Å². The monoisotopic (exact) mass is 417 g/mol. The van der Waals surface area contributed by atoms with E-state index in [2.05, 4.69) is 15.6 Å². The maximum absolute atomic E-state index is 12.1. The van der Waals surface area contributed by atoms with Gasteiger partial charge in [-0.05, 0) is 36.8 Å². The SMILES string of the molecule is COc1cc(CNc2nccs2)cc(Cl)c1OCC(=O)Nc1ccc(C)cc1. The van der Waals surface area contributed by atoms with Crippen LogP contribution in [0.2, 0.25) is 5.02 Å². The summed E-state index contributed by atoms with van der Waals surface area (Å²) in [6.07, 6.45) is 1.74. The van der Waals surface area contributed by atoms with Crippen molar-refractivity contribution in [1.29, 1.82) is 0 Å². The Balaban J connectivity index is 1.62. The van der Waals surface area contributed by atoms with Crippen LogP contribution in [0.25, 0.3) is 0 Å². The summed E-state index contributed by atoms with van der Waals surface area (Å²) in [5.74, 6) is 0.518. The molecule has 0 spiro atoms. The minimum atomic E-state index is -0.281. The van der Waals surface area contributed by atoms with E-state index in [1.165, 1.54) is 18.4 Å². The van der Waals surface area contributed by atoms with Gasteiger partial charge < -0.3 is 20.1 Å². The highest BCUT2D eigenvalue weighted by Crippen LogP contribution is 2.36. The number of hydrogen-bond donors (Lipinski definition) is 2. The van der Waals surface area contributed by atoms with Gasteiger partial charge in [-0.3, -0.25) is 4.79 Å². The van der Waals surface area contributed by atoms with Crippen LogP contribution in [0.5, 0.6) is 11.5 Å². The minimum absolute atomic E-state index is 0.180. The number of nitrogens with one attached hydrogen (secondary N) is 2. The molecule has 0 aliphatic carbocycles. The lowest BCUT2D eigenvalue weighted by Gasteiger charge is -2.14. The summed E-state index contributed by atoms with van der Waals surface area (Å²) in [7, 11) is 1.53. The standard InChI is InChI=1S/C20H20ClN3O3S/c1-13-3-5-15(6-4-13)24-18(25)12-27-19-16(21)9-14(10-17(19)26-2)11-23-20-22-7-8-28-20/h3-10H,11-12H2,1-2H3,(H,22,23)(H,24,25). The molecule has 0 saturated carbocycles. The van der Waals surface area contributed by atoms with Crippen LogP contribution in [0.1, 0.15) is 11.1 Å². The third-order valence-corrected chi connectivity index (χ3v) is 4.86. The zero-order valence-corrected chi connectivity index (χ0v) is 17.1. The number of amides is 1. The molecule has 146 valence electrons. The molecule has 28 heavy (non-hydrogen) atoms. The fourth-order valence-corrected chi connectivity index (χ4v) is 3.29. The van der Waals surface area contributed by atoms with Gasteiger partial charge in [0.15, 0.2) is 23.2 Å². The third kappa shape index (κ3) is 5.37. The van der Waals surface area contributed by atoms with Gasteiger partial charge in [0.05, 0.1) is 12.1 Å². The number of halogens is 1. The summed E-state index contributed by atoms with van der Waals surface area (Å²) in [6, 6.07) is 11.1. The minimum Gasteiger partial charge on any atom is -0.493 e. The van der Waals surface area contributed by atoms with Gasteiger partial charge >= 0.3 is 0 Å². The molecule has 0 fully saturated rings. The smallest absolute Gasteiger partial charge is 0.262 e. The predicted molar refractivity (Wildman–Crippen MR) is 113 cm³/mol. The number of methoxy groups -OCH3 is 1. The molecule has 0 atom stereocenters. The molecule has 1 amide bonds. The van der Waals surface area contributed by atoms with E-state index in [0.717, 1.165) is 16.3 Å². The first-order chi connectivity index (χ1) is 13.5. The second-order valence-electron chi connectivity index (χ2n) is 6.00. The van der Waals surface area contributed by atoms with Crippen LogP contribution in [0, 0.1) is 6.92 Å². The molecule has 6 nitrogen and oxygen atoms in total. The Hall–Kier alpha value is -2.77. The molecular weight excluding hydrogens is 398 g/mol. The number of anilines is 2. The van der Waals surface area contributed by atoms with Crippen LogP contribution in [0.4, 0.5) is 10.8 Å². The van der Waals surface area contributed by atoms with Crippen LogP contribution in [-0.4, -0.2) is 24.6 Å². The van der Waals surface area contributed by atoms with Crippen LogP contribution in [0.3, 0.4) is 0 Å². The summed E-state index contributed by atoms with van der Waals surface area (Å²) < 4.78 is 11.0. The van der Waals surface area contributed by atoms with E-state index in [0.29, 0.717) is 28.8 Å². The van der Waals surface area contributed by atoms with Gasteiger partial charge in [0.1, 0.15) is 0 Å². The van der Waals surface area contributed by atoms with Crippen molar-refractivity contribution in [3.05, 3.63) is 64.1 Å². The summed E-state index contributed by atoms with van der Waals surface area (Å²) in [4.78, 5) is 16.3. The Morgan fingerprint density at radius 3 is 2.71 bits per heavy atom. The number of ether oxygens (including phenoxy) is 2. The summed E-state index contributed by atoms with van der Waals surface area (Å²) in [5.41, 5.74) is 2.74. The van der Waals surface area contributed by atoms with Crippen LogP contribution < -0.4 is 20.1 Å². The molecule has 1 heterocycles. The highest BCUT2D eigenvalue weighted by atomic mass is 35.5. The van der Waals surface area contributed by atoms with Gasteiger partial charge in [-0.2, -0.15) is 0 Å². The maximum atomic E-state index is 12.1. The van der Waals surface area contributed by atoms with Crippen molar-refractivity contribution in [2.45, 2.75) is 13.5 Å². The number of rotatable bonds is 8. The van der Waals surface area contributed by atoms with Crippen LogP contribution in [0.15, 0.2) is 48.0 Å². The van der Waals surface area contributed by atoms with E-state index in [-0.39, 0.29) is 12.5 Å². The van der Waals surface area contributed by atoms with Gasteiger partial charge in [0.25, 0.3) is 5.91 Å². The first-order valence-electron chi connectivity index (χ1n) is 8.54. The Morgan fingerprint density at radius 2 is 2.04 bits per heavy atom. The number of carbonyl (C=O) groups excluding carboxylic acids is 1. The Morgan fingerprint density at radius 1 is 1.25 bits per heavy atom. The zero-order valence-electron chi connectivity index (χ0n) is 15.5. The predicted octanol–water partition coefficient (Wildman–Crippen LogP) is 4.74. The number of thiazole rings is 1. The molecule has 2 N–H and O–H groups in total. The number of hydrogen-bond acceptors (Lipinski definition) is 6. The van der Waals surface area contributed by atoms with Crippen molar-refractivity contribution in [1.82, 2.24) is 4.98 Å². The van der Waals surface area contributed by atoms with Gasteiger partial charge in [-0.1, -0.05) is 29.3 Å². The van der Waals surface area contributed by atoms with E-state index >= 15 is 0 Å². The third-order valence-electron chi connectivity index (χ3n) is 3.85. The van der Waals surface area contributed by atoms with Gasteiger partial charge in [-0.15, -0.1) is 11.3 Å². The molecule has 2 aromatic carbocycles. The van der Waals surface area contributed by atoms with E-state index in [4.69, 9.17) is 21.1 Å². The lowest BCUT2D eigenvalue weighted by atomic mass is 10.2. The summed E-state index contributed by atoms with van der Waals surface area (Å²) >= 11 is 7.87.